The fourth-order valence-electron chi connectivity index (χ4n) is 2.88. The predicted molar refractivity (Wildman–Crippen MR) is 74.4 cm³/mol. The van der Waals surface area contributed by atoms with Gasteiger partial charge in [-0.2, -0.15) is 0 Å². The number of hydrogen-bond donors (Lipinski definition) is 1. The second-order valence-corrected chi connectivity index (χ2v) is 6.14. The second kappa shape index (κ2) is 4.81. The van der Waals surface area contributed by atoms with Crippen LogP contribution < -0.4 is 5.32 Å². The molecule has 0 saturated carbocycles. The highest BCUT2D eigenvalue weighted by molar-refractivity contribution is 5.31. The molecule has 1 nitrogen and oxygen atoms in total. The third kappa shape index (κ3) is 2.55. The maximum atomic E-state index is 3.56. The normalized spacial score (nSPS) is 28.9. The third-order valence-electron chi connectivity index (χ3n) is 4.31. The van der Waals surface area contributed by atoms with E-state index in [2.05, 4.69) is 57.3 Å². The second-order valence-electron chi connectivity index (χ2n) is 6.14. The summed E-state index contributed by atoms with van der Waals surface area (Å²) in [6.07, 6.45) is 2.43. The summed E-state index contributed by atoms with van der Waals surface area (Å²) in [6.45, 7) is 10.4. The lowest BCUT2D eigenvalue weighted by atomic mass is 9.76. The van der Waals surface area contributed by atoms with Crippen molar-refractivity contribution >= 4 is 0 Å². The summed E-state index contributed by atoms with van der Waals surface area (Å²) < 4.78 is 0. The van der Waals surface area contributed by atoms with E-state index in [-0.39, 0.29) is 0 Å². The summed E-state index contributed by atoms with van der Waals surface area (Å²) in [5.74, 6) is 0.739. The Morgan fingerprint density at radius 3 is 2.41 bits per heavy atom. The van der Waals surface area contributed by atoms with E-state index in [0.717, 1.165) is 12.5 Å². The van der Waals surface area contributed by atoms with E-state index in [0.29, 0.717) is 11.5 Å². The van der Waals surface area contributed by atoms with E-state index in [9.17, 15) is 0 Å². The van der Waals surface area contributed by atoms with Gasteiger partial charge < -0.3 is 5.32 Å². The van der Waals surface area contributed by atoms with Crippen molar-refractivity contribution < 1.29 is 0 Å². The molecule has 1 saturated heterocycles. The number of rotatable bonds is 3. The summed E-state index contributed by atoms with van der Waals surface area (Å²) >= 11 is 0. The molecule has 2 unspecified atom stereocenters. The van der Waals surface area contributed by atoms with Gasteiger partial charge in [0, 0.05) is 11.5 Å². The topological polar surface area (TPSA) is 12.0 Å². The Morgan fingerprint density at radius 2 is 1.94 bits per heavy atom. The van der Waals surface area contributed by atoms with Crippen LogP contribution in [0.1, 0.15) is 45.2 Å². The summed E-state index contributed by atoms with van der Waals surface area (Å²) in [5.41, 5.74) is 3.27. The molecule has 0 bridgehead atoms. The summed E-state index contributed by atoms with van der Waals surface area (Å²) in [4.78, 5) is 0. The molecule has 2 atom stereocenters. The van der Waals surface area contributed by atoms with Gasteiger partial charge in [0.2, 0.25) is 0 Å². The Bertz CT molecular complexity index is 366. The lowest BCUT2D eigenvalue weighted by Crippen LogP contribution is -2.35. The van der Waals surface area contributed by atoms with E-state index in [1.54, 1.807) is 0 Å². The Labute approximate surface area is 106 Å². The van der Waals surface area contributed by atoms with Crippen molar-refractivity contribution in [1.82, 2.24) is 5.32 Å². The van der Waals surface area contributed by atoms with Crippen LogP contribution in [0, 0.1) is 5.92 Å². The highest BCUT2D eigenvalue weighted by Crippen LogP contribution is 2.35. The maximum Gasteiger partial charge on any atom is 0.0133 e. The molecule has 1 aliphatic rings. The first-order valence-corrected chi connectivity index (χ1v) is 6.85. The minimum Gasteiger partial charge on any atom is -0.313 e. The fraction of sp³-hybridized carbons (Fsp3) is 0.625. The largest absolute Gasteiger partial charge is 0.313 e. The molecule has 1 aromatic rings. The van der Waals surface area contributed by atoms with Gasteiger partial charge in [0.25, 0.3) is 0 Å². The minimum atomic E-state index is 0.316. The van der Waals surface area contributed by atoms with Crippen LogP contribution in [0.2, 0.25) is 0 Å². The molecule has 1 aliphatic heterocycles. The Morgan fingerprint density at radius 1 is 1.29 bits per heavy atom. The quantitative estimate of drug-likeness (QED) is 0.839. The van der Waals surface area contributed by atoms with Crippen LogP contribution in [0.15, 0.2) is 24.3 Å². The summed E-state index contributed by atoms with van der Waals surface area (Å²) in [5, 5.41) is 3.56. The first-order valence-electron chi connectivity index (χ1n) is 6.85. The van der Waals surface area contributed by atoms with Gasteiger partial charge in [-0.05, 0) is 43.4 Å². The molecule has 1 heterocycles. The Balaban J connectivity index is 2.17. The molecule has 0 spiro atoms. The molecule has 1 fully saturated rings. The average Bonchev–Trinajstić information content (AvgIpc) is 2.60. The first-order chi connectivity index (χ1) is 8.02. The van der Waals surface area contributed by atoms with Crippen LogP contribution in [0.3, 0.4) is 0 Å². The summed E-state index contributed by atoms with van der Waals surface area (Å²) in [7, 11) is 0. The van der Waals surface area contributed by atoms with Gasteiger partial charge in [-0.15, -0.1) is 0 Å². The lowest BCUT2D eigenvalue weighted by Gasteiger charge is -2.29. The van der Waals surface area contributed by atoms with Gasteiger partial charge in [-0.25, -0.2) is 0 Å². The van der Waals surface area contributed by atoms with Crippen molar-refractivity contribution in [2.45, 2.75) is 52.0 Å². The molecule has 1 aromatic carbocycles. The Hall–Kier alpha value is -0.820. The molecule has 1 N–H and O–H groups in total. The van der Waals surface area contributed by atoms with Gasteiger partial charge in [0.15, 0.2) is 0 Å². The van der Waals surface area contributed by atoms with Crippen LogP contribution in [0.4, 0.5) is 0 Å². The van der Waals surface area contributed by atoms with Gasteiger partial charge in [-0.3, -0.25) is 0 Å². The van der Waals surface area contributed by atoms with Gasteiger partial charge in [0.05, 0.1) is 0 Å². The average molecular weight is 231 g/mol. The predicted octanol–water partition coefficient (Wildman–Crippen LogP) is 3.52. The van der Waals surface area contributed by atoms with Crippen molar-refractivity contribution in [3.05, 3.63) is 35.4 Å². The van der Waals surface area contributed by atoms with E-state index in [1.807, 2.05) is 0 Å². The zero-order valence-corrected chi connectivity index (χ0v) is 11.6. The molecule has 0 radical (unpaired) electrons. The van der Waals surface area contributed by atoms with Gasteiger partial charge >= 0.3 is 0 Å². The molecular weight excluding hydrogens is 206 g/mol. The van der Waals surface area contributed by atoms with E-state index >= 15 is 0 Å². The van der Waals surface area contributed by atoms with Crippen LogP contribution >= 0.6 is 0 Å². The smallest absolute Gasteiger partial charge is 0.0133 e. The lowest BCUT2D eigenvalue weighted by molar-refractivity contribution is 0.427. The van der Waals surface area contributed by atoms with Crippen molar-refractivity contribution in [1.29, 1.82) is 0 Å². The highest BCUT2D eigenvalue weighted by Gasteiger charge is 2.36. The van der Waals surface area contributed by atoms with Gasteiger partial charge in [-0.1, -0.05) is 45.0 Å². The monoisotopic (exact) mass is 231 g/mol. The maximum absolute atomic E-state index is 3.56. The molecule has 94 valence electrons. The zero-order valence-electron chi connectivity index (χ0n) is 11.6. The van der Waals surface area contributed by atoms with Crippen LogP contribution in [-0.2, 0) is 11.8 Å². The fourth-order valence-corrected chi connectivity index (χ4v) is 2.88. The van der Waals surface area contributed by atoms with Crippen molar-refractivity contribution in [3.8, 4) is 0 Å². The molecule has 0 aliphatic carbocycles. The number of hydrogen-bond acceptors (Lipinski definition) is 1. The molecular formula is C16H25N. The van der Waals surface area contributed by atoms with Crippen LogP contribution in [-0.4, -0.2) is 12.6 Å². The van der Waals surface area contributed by atoms with Crippen molar-refractivity contribution in [2.75, 3.05) is 6.54 Å². The number of nitrogens with one attached hydrogen (secondary N) is 1. The molecule has 2 rings (SSSR count). The van der Waals surface area contributed by atoms with Crippen LogP contribution in [0.25, 0.3) is 0 Å². The minimum absolute atomic E-state index is 0.316. The van der Waals surface area contributed by atoms with E-state index in [1.165, 1.54) is 24.0 Å². The van der Waals surface area contributed by atoms with E-state index in [4.69, 9.17) is 0 Å². The number of benzene rings is 1. The first kappa shape index (κ1) is 12.6. The standard InChI is InChI=1S/C16H25N/c1-12(2)11-14-5-7-15(8-6-14)16(4)9-10-17-13(16)3/h5-8,12-13,17H,9-11H2,1-4H3. The summed E-state index contributed by atoms with van der Waals surface area (Å²) in [6, 6.07) is 9.87. The van der Waals surface area contributed by atoms with E-state index < -0.39 is 0 Å². The van der Waals surface area contributed by atoms with Crippen LogP contribution in [0.5, 0.6) is 0 Å². The van der Waals surface area contributed by atoms with Gasteiger partial charge in [0.1, 0.15) is 0 Å². The zero-order chi connectivity index (χ0) is 12.5. The Kier molecular flexibility index (Phi) is 3.58. The molecule has 17 heavy (non-hydrogen) atoms. The van der Waals surface area contributed by atoms with Crippen molar-refractivity contribution in [3.63, 3.8) is 0 Å². The van der Waals surface area contributed by atoms with Crippen molar-refractivity contribution in [2.24, 2.45) is 5.92 Å². The SMILES string of the molecule is CC(C)Cc1ccc(C2(C)CCNC2C)cc1. The third-order valence-corrected chi connectivity index (χ3v) is 4.31. The molecule has 0 amide bonds. The molecule has 1 heteroatoms. The highest BCUT2D eigenvalue weighted by atomic mass is 15.0. The molecule has 0 aromatic heterocycles.